The first-order valence-corrected chi connectivity index (χ1v) is 10.2. The molecule has 4 aromatic rings. The molecule has 0 atom stereocenters. The molecule has 7 nitrogen and oxygen atoms in total. The minimum absolute atomic E-state index is 0.0271. The van der Waals surface area contributed by atoms with E-state index in [2.05, 4.69) is 25.6 Å². The van der Waals surface area contributed by atoms with Crippen LogP contribution in [0.25, 0.3) is 22.0 Å². The average Bonchev–Trinajstić information content (AvgIpc) is 3.53. The van der Waals surface area contributed by atoms with Crippen molar-refractivity contribution in [3.05, 3.63) is 72.3 Å². The summed E-state index contributed by atoms with van der Waals surface area (Å²) < 4.78 is 0. The Kier molecular flexibility index (Phi) is 4.71. The molecule has 1 saturated carbocycles. The Morgan fingerprint density at radius 2 is 1.97 bits per heavy atom. The molecule has 5 rings (SSSR count). The van der Waals surface area contributed by atoms with Gasteiger partial charge >= 0.3 is 0 Å². The summed E-state index contributed by atoms with van der Waals surface area (Å²) in [6.45, 7) is 1.88. The second-order valence-electron chi connectivity index (χ2n) is 7.77. The standard InChI is InChI=1S/C24H21N5O2/c1-14-7-9-25-12-18(14)24(31)28-20-4-2-3-17-19(13-27-22(17)20)16-8-10-26-21(11-16)29-23(30)15-5-6-15/h2-4,7-13,15,27H,5-6H2,1H3,(H,28,31)(H,26,29,30). The molecule has 0 saturated heterocycles. The van der Waals surface area contributed by atoms with Gasteiger partial charge in [0.25, 0.3) is 5.91 Å². The summed E-state index contributed by atoms with van der Waals surface area (Å²) in [6, 6.07) is 11.3. The van der Waals surface area contributed by atoms with Gasteiger partial charge in [-0.1, -0.05) is 12.1 Å². The van der Waals surface area contributed by atoms with Crippen LogP contribution in [0.1, 0.15) is 28.8 Å². The van der Waals surface area contributed by atoms with Crippen LogP contribution < -0.4 is 10.6 Å². The van der Waals surface area contributed by atoms with Crippen molar-refractivity contribution in [2.45, 2.75) is 19.8 Å². The largest absolute Gasteiger partial charge is 0.359 e. The third kappa shape index (κ3) is 3.77. The van der Waals surface area contributed by atoms with Crippen molar-refractivity contribution in [1.29, 1.82) is 0 Å². The summed E-state index contributed by atoms with van der Waals surface area (Å²) in [5.74, 6) is 0.482. The third-order valence-corrected chi connectivity index (χ3v) is 5.52. The number of aromatic nitrogens is 3. The lowest BCUT2D eigenvalue weighted by Gasteiger charge is -2.09. The van der Waals surface area contributed by atoms with Crippen molar-refractivity contribution in [3.63, 3.8) is 0 Å². The fraction of sp³-hybridized carbons (Fsp3) is 0.167. The highest BCUT2D eigenvalue weighted by Crippen LogP contribution is 2.34. The van der Waals surface area contributed by atoms with E-state index in [1.54, 1.807) is 18.6 Å². The van der Waals surface area contributed by atoms with Crippen molar-refractivity contribution in [2.24, 2.45) is 5.92 Å². The lowest BCUT2D eigenvalue weighted by Crippen LogP contribution is -2.14. The second kappa shape index (κ2) is 7.68. The predicted octanol–water partition coefficient (Wildman–Crippen LogP) is 4.53. The van der Waals surface area contributed by atoms with Crippen LogP contribution in [0, 0.1) is 12.8 Å². The lowest BCUT2D eigenvalue weighted by molar-refractivity contribution is -0.117. The number of anilines is 2. The summed E-state index contributed by atoms with van der Waals surface area (Å²) in [6.07, 6.45) is 8.71. The minimum Gasteiger partial charge on any atom is -0.359 e. The summed E-state index contributed by atoms with van der Waals surface area (Å²) >= 11 is 0. The number of benzene rings is 1. The molecule has 0 radical (unpaired) electrons. The zero-order chi connectivity index (χ0) is 21.4. The Hall–Kier alpha value is -4.00. The van der Waals surface area contributed by atoms with E-state index in [1.165, 1.54) is 0 Å². The molecule has 0 unspecified atom stereocenters. The van der Waals surface area contributed by atoms with E-state index in [9.17, 15) is 9.59 Å². The number of carbonyl (C=O) groups is 2. The summed E-state index contributed by atoms with van der Waals surface area (Å²) in [5, 5.41) is 6.84. The number of H-pyrrole nitrogens is 1. The zero-order valence-corrected chi connectivity index (χ0v) is 17.0. The highest BCUT2D eigenvalue weighted by molar-refractivity contribution is 6.11. The molecule has 3 heterocycles. The molecular formula is C24H21N5O2. The van der Waals surface area contributed by atoms with E-state index in [0.29, 0.717) is 17.1 Å². The Morgan fingerprint density at radius 1 is 1.10 bits per heavy atom. The monoisotopic (exact) mass is 411 g/mol. The number of aromatic amines is 1. The van der Waals surface area contributed by atoms with Gasteiger partial charge < -0.3 is 15.6 Å². The number of fused-ring (bicyclic) bond motifs is 1. The third-order valence-electron chi connectivity index (χ3n) is 5.52. The quantitative estimate of drug-likeness (QED) is 0.449. The Balaban J connectivity index is 1.45. The molecular weight excluding hydrogens is 390 g/mol. The Morgan fingerprint density at radius 3 is 2.77 bits per heavy atom. The SMILES string of the molecule is Cc1ccncc1C(=O)Nc1cccc2c(-c3ccnc(NC(=O)C4CC4)c3)c[nH]c12. The number of hydrogen-bond acceptors (Lipinski definition) is 4. The molecule has 0 spiro atoms. The van der Waals surface area contributed by atoms with Gasteiger partial charge in [-0.25, -0.2) is 4.98 Å². The zero-order valence-electron chi connectivity index (χ0n) is 17.0. The number of pyridine rings is 2. The van der Waals surface area contributed by atoms with Crippen LogP contribution >= 0.6 is 0 Å². The fourth-order valence-corrected chi connectivity index (χ4v) is 3.63. The van der Waals surface area contributed by atoms with Crippen LogP contribution in [0.15, 0.2) is 61.2 Å². The number of nitrogens with one attached hydrogen (secondary N) is 3. The van der Waals surface area contributed by atoms with Crippen LogP contribution in [-0.2, 0) is 4.79 Å². The number of hydrogen-bond donors (Lipinski definition) is 3. The molecule has 0 bridgehead atoms. The van der Waals surface area contributed by atoms with Gasteiger partial charge in [-0.05, 0) is 55.2 Å². The molecule has 3 aromatic heterocycles. The molecule has 154 valence electrons. The van der Waals surface area contributed by atoms with Crippen molar-refractivity contribution in [1.82, 2.24) is 15.0 Å². The summed E-state index contributed by atoms with van der Waals surface area (Å²) in [5.41, 5.74) is 4.81. The van der Waals surface area contributed by atoms with Crippen molar-refractivity contribution >= 4 is 34.2 Å². The van der Waals surface area contributed by atoms with Crippen molar-refractivity contribution in [2.75, 3.05) is 10.6 Å². The van der Waals surface area contributed by atoms with E-state index in [-0.39, 0.29) is 17.7 Å². The molecule has 0 aliphatic heterocycles. The number of carbonyl (C=O) groups excluding carboxylic acids is 2. The molecule has 31 heavy (non-hydrogen) atoms. The van der Waals surface area contributed by atoms with Gasteiger partial charge in [-0.3, -0.25) is 14.6 Å². The van der Waals surface area contributed by atoms with Gasteiger partial charge in [-0.15, -0.1) is 0 Å². The normalized spacial score (nSPS) is 13.2. The molecule has 1 aliphatic carbocycles. The van der Waals surface area contributed by atoms with Crippen LogP contribution in [0.4, 0.5) is 11.5 Å². The van der Waals surface area contributed by atoms with Crippen LogP contribution in [-0.4, -0.2) is 26.8 Å². The highest BCUT2D eigenvalue weighted by Gasteiger charge is 2.29. The van der Waals surface area contributed by atoms with E-state index < -0.39 is 0 Å². The van der Waals surface area contributed by atoms with Crippen LogP contribution in [0.3, 0.4) is 0 Å². The summed E-state index contributed by atoms with van der Waals surface area (Å²) in [4.78, 5) is 36.4. The number of rotatable bonds is 5. The van der Waals surface area contributed by atoms with Gasteiger partial charge in [0.15, 0.2) is 0 Å². The van der Waals surface area contributed by atoms with E-state index >= 15 is 0 Å². The van der Waals surface area contributed by atoms with E-state index in [0.717, 1.165) is 40.4 Å². The Labute approximate surface area is 178 Å². The topological polar surface area (TPSA) is 99.8 Å². The van der Waals surface area contributed by atoms with E-state index in [4.69, 9.17) is 0 Å². The maximum Gasteiger partial charge on any atom is 0.257 e. The second-order valence-corrected chi connectivity index (χ2v) is 7.77. The number of para-hydroxylation sites is 1. The molecule has 2 amide bonds. The number of amides is 2. The molecule has 1 aromatic carbocycles. The lowest BCUT2D eigenvalue weighted by atomic mass is 10.0. The molecule has 1 fully saturated rings. The van der Waals surface area contributed by atoms with Gasteiger partial charge in [0.1, 0.15) is 5.82 Å². The fourth-order valence-electron chi connectivity index (χ4n) is 3.63. The first-order chi connectivity index (χ1) is 15.1. The number of nitrogens with zero attached hydrogens (tertiary/aromatic N) is 2. The van der Waals surface area contributed by atoms with Crippen LogP contribution in [0.5, 0.6) is 0 Å². The smallest absolute Gasteiger partial charge is 0.257 e. The minimum atomic E-state index is -0.205. The first-order valence-electron chi connectivity index (χ1n) is 10.2. The van der Waals surface area contributed by atoms with Crippen molar-refractivity contribution < 1.29 is 9.59 Å². The van der Waals surface area contributed by atoms with Crippen molar-refractivity contribution in [3.8, 4) is 11.1 Å². The summed E-state index contributed by atoms with van der Waals surface area (Å²) in [7, 11) is 0. The van der Waals surface area contributed by atoms with Crippen LogP contribution in [0.2, 0.25) is 0 Å². The average molecular weight is 411 g/mol. The Bertz CT molecular complexity index is 1310. The van der Waals surface area contributed by atoms with Gasteiger partial charge in [0.2, 0.25) is 5.91 Å². The highest BCUT2D eigenvalue weighted by atomic mass is 16.2. The maximum absolute atomic E-state index is 12.7. The van der Waals surface area contributed by atoms with Gasteiger partial charge in [0.05, 0.1) is 16.8 Å². The first kappa shape index (κ1) is 19.0. The van der Waals surface area contributed by atoms with E-state index in [1.807, 2.05) is 49.5 Å². The molecule has 3 N–H and O–H groups in total. The predicted molar refractivity (Wildman–Crippen MR) is 120 cm³/mol. The maximum atomic E-state index is 12.7. The van der Waals surface area contributed by atoms with Gasteiger partial charge in [-0.2, -0.15) is 0 Å². The molecule has 7 heteroatoms. The molecule has 1 aliphatic rings. The van der Waals surface area contributed by atoms with Gasteiger partial charge in [0, 0.05) is 41.7 Å². The number of aryl methyl sites for hydroxylation is 1.